The van der Waals surface area contributed by atoms with Gasteiger partial charge in [0.1, 0.15) is 11.6 Å². The number of piperazine rings is 1. The first-order valence-electron chi connectivity index (χ1n) is 14.3. The molecule has 7 nitrogen and oxygen atoms in total. The molecule has 2 fully saturated rings. The molecular formula is C33H38FN3O4. The zero-order chi connectivity index (χ0) is 29.1. The highest BCUT2D eigenvalue weighted by atomic mass is 19.1. The van der Waals surface area contributed by atoms with Crippen LogP contribution in [0.2, 0.25) is 0 Å². The average Bonchev–Trinajstić information content (AvgIpc) is 2.96. The van der Waals surface area contributed by atoms with Crippen LogP contribution < -0.4 is 0 Å². The minimum atomic E-state index is -0.794. The molecule has 5 rings (SSSR count). The van der Waals surface area contributed by atoms with E-state index in [1.165, 1.54) is 6.07 Å². The fourth-order valence-corrected chi connectivity index (χ4v) is 6.27. The van der Waals surface area contributed by atoms with Crippen molar-refractivity contribution in [2.45, 2.75) is 51.4 Å². The molecule has 2 heterocycles. The largest absolute Gasteiger partial charge is 0.508 e. The summed E-state index contributed by atoms with van der Waals surface area (Å²) in [7, 11) is 0. The van der Waals surface area contributed by atoms with Crippen molar-refractivity contribution in [2.24, 2.45) is 5.92 Å². The predicted molar refractivity (Wildman–Crippen MR) is 155 cm³/mol. The molecule has 3 aromatic rings. The topological polar surface area (TPSA) is 84.3 Å². The van der Waals surface area contributed by atoms with Gasteiger partial charge in [0, 0.05) is 50.4 Å². The lowest BCUT2D eigenvalue weighted by atomic mass is 9.92. The summed E-state index contributed by atoms with van der Waals surface area (Å²) >= 11 is 0. The molecule has 0 bridgehead atoms. The number of carbonyl (C=O) groups excluding carboxylic acids is 1. The minimum absolute atomic E-state index is 0.0813. The van der Waals surface area contributed by atoms with Gasteiger partial charge in [0.2, 0.25) is 0 Å². The molecule has 0 aromatic heterocycles. The van der Waals surface area contributed by atoms with Gasteiger partial charge in [-0.3, -0.25) is 19.4 Å². The van der Waals surface area contributed by atoms with Crippen molar-refractivity contribution in [1.82, 2.24) is 14.7 Å². The third kappa shape index (κ3) is 6.60. The Hall–Kier alpha value is -3.75. The van der Waals surface area contributed by atoms with E-state index in [0.29, 0.717) is 38.0 Å². The Kier molecular flexibility index (Phi) is 8.71. The van der Waals surface area contributed by atoms with Crippen LogP contribution in [0.5, 0.6) is 5.75 Å². The number of hydrogen-bond donors (Lipinski definition) is 2. The van der Waals surface area contributed by atoms with Gasteiger partial charge in [0.15, 0.2) is 0 Å². The normalized spacial score (nSPS) is 21.5. The summed E-state index contributed by atoms with van der Waals surface area (Å²) in [5.41, 5.74) is 3.53. The van der Waals surface area contributed by atoms with Crippen LogP contribution in [0.15, 0.2) is 72.8 Å². The van der Waals surface area contributed by atoms with Crippen LogP contribution in [-0.4, -0.2) is 75.1 Å². The molecule has 2 saturated heterocycles. The molecule has 1 amide bonds. The summed E-state index contributed by atoms with van der Waals surface area (Å²) in [4.78, 5) is 31.0. The predicted octanol–water partition coefficient (Wildman–Crippen LogP) is 5.15. The molecule has 0 radical (unpaired) electrons. The van der Waals surface area contributed by atoms with Crippen molar-refractivity contribution >= 4 is 11.9 Å². The van der Waals surface area contributed by atoms with Gasteiger partial charge in [0.25, 0.3) is 5.91 Å². The zero-order valence-electron chi connectivity index (χ0n) is 23.6. The van der Waals surface area contributed by atoms with E-state index in [0.717, 1.165) is 29.8 Å². The number of carboxylic acids is 1. The lowest BCUT2D eigenvalue weighted by Crippen LogP contribution is -2.56. The Labute approximate surface area is 240 Å². The Morgan fingerprint density at radius 1 is 0.902 bits per heavy atom. The maximum Gasteiger partial charge on any atom is 0.306 e. The number of phenols is 1. The molecule has 2 N–H and O–H groups in total. The highest BCUT2D eigenvalue weighted by Gasteiger charge is 2.35. The smallest absolute Gasteiger partial charge is 0.306 e. The molecule has 2 aliphatic rings. The van der Waals surface area contributed by atoms with Crippen molar-refractivity contribution in [2.75, 3.05) is 26.2 Å². The van der Waals surface area contributed by atoms with Crippen LogP contribution in [0.4, 0.5) is 4.39 Å². The minimum Gasteiger partial charge on any atom is -0.508 e. The molecular weight excluding hydrogens is 521 g/mol. The molecule has 3 atom stereocenters. The number of halogens is 1. The monoisotopic (exact) mass is 559 g/mol. The van der Waals surface area contributed by atoms with E-state index in [4.69, 9.17) is 0 Å². The summed E-state index contributed by atoms with van der Waals surface area (Å²) in [6, 6.07) is 22.0. The van der Waals surface area contributed by atoms with Crippen LogP contribution in [0, 0.1) is 11.7 Å². The quantitative estimate of drug-likeness (QED) is 0.417. The first-order chi connectivity index (χ1) is 19.7. The molecule has 41 heavy (non-hydrogen) atoms. The number of nitrogens with zero attached hydrogens (tertiary/aromatic N) is 3. The summed E-state index contributed by atoms with van der Waals surface area (Å²) in [6.07, 6.45) is 0.944. The maximum absolute atomic E-state index is 13.8. The Balaban J connectivity index is 1.36. The van der Waals surface area contributed by atoms with Gasteiger partial charge in [-0.05, 0) is 79.8 Å². The maximum atomic E-state index is 13.8. The molecule has 8 heteroatoms. The number of benzene rings is 3. The number of carboxylic acid groups (broad SMARTS) is 1. The average molecular weight is 560 g/mol. The second-order valence-corrected chi connectivity index (χ2v) is 11.5. The molecule has 0 aliphatic carbocycles. The van der Waals surface area contributed by atoms with Gasteiger partial charge in [0.05, 0.1) is 12.0 Å². The summed E-state index contributed by atoms with van der Waals surface area (Å²) in [5.74, 6) is -1.28. The van der Waals surface area contributed by atoms with E-state index in [2.05, 4.69) is 23.6 Å². The summed E-state index contributed by atoms with van der Waals surface area (Å²) < 4.78 is 13.8. The van der Waals surface area contributed by atoms with Gasteiger partial charge >= 0.3 is 5.97 Å². The molecule has 0 spiro atoms. The van der Waals surface area contributed by atoms with Crippen molar-refractivity contribution in [3.05, 3.63) is 101 Å². The molecule has 1 unspecified atom stereocenters. The number of piperidine rings is 1. The van der Waals surface area contributed by atoms with E-state index in [1.54, 1.807) is 29.2 Å². The van der Waals surface area contributed by atoms with E-state index >= 15 is 0 Å². The lowest BCUT2D eigenvalue weighted by molar-refractivity contribution is -0.143. The highest BCUT2D eigenvalue weighted by Crippen LogP contribution is 2.35. The number of amides is 1. The number of aromatic hydroxyl groups is 1. The van der Waals surface area contributed by atoms with Crippen molar-refractivity contribution < 1.29 is 24.2 Å². The van der Waals surface area contributed by atoms with Crippen molar-refractivity contribution in [3.8, 4) is 5.75 Å². The number of aliphatic carboxylic acids is 1. The third-order valence-corrected chi connectivity index (χ3v) is 8.56. The van der Waals surface area contributed by atoms with E-state index < -0.39 is 5.97 Å². The van der Waals surface area contributed by atoms with Crippen molar-refractivity contribution in [3.63, 3.8) is 0 Å². The van der Waals surface area contributed by atoms with Gasteiger partial charge in [-0.2, -0.15) is 0 Å². The Morgan fingerprint density at radius 2 is 1.61 bits per heavy atom. The summed E-state index contributed by atoms with van der Waals surface area (Å²) in [6.45, 7) is 7.52. The van der Waals surface area contributed by atoms with Crippen LogP contribution in [0.3, 0.4) is 0 Å². The van der Waals surface area contributed by atoms with Crippen LogP contribution in [0.1, 0.15) is 59.8 Å². The Bertz CT molecular complexity index is 1370. The van der Waals surface area contributed by atoms with E-state index in [1.807, 2.05) is 42.5 Å². The van der Waals surface area contributed by atoms with Gasteiger partial charge in [-0.25, -0.2) is 4.39 Å². The third-order valence-electron chi connectivity index (χ3n) is 8.56. The van der Waals surface area contributed by atoms with Gasteiger partial charge in [-0.15, -0.1) is 0 Å². The summed E-state index contributed by atoms with van der Waals surface area (Å²) in [5, 5.41) is 19.6. The number of carbonyl (C=O) groups is 2. The van der Waals surface area contributed by atoms with Gasteiger partial charge in [-0.1, -0.05) is 36.4 Å². The second kappa shape index (κ2) is 12.4. The second-order valence-electron chi connectivity index (χ2n) is 11.5. The van der Waals surface area contributed by atoms with Gasteiger partial charge < -0.3 is 15.1 Å². The van der Waals surface area contributed by atoms with Crippen LogP contribution in [0.25, 0.3) is 0 Å². The molecule has 2 aliphatic heterocycles. The van der Waals surface area contributed by atoms with Crippen LogP contribution in [-0.2, 0) is 11.3 Å². The zero-order valence-corrected chi connectivity index (χ0v) is 23.6. The fourth-order valence-electron chi connectivity index (χ4n) is 6.27. The SMILES string of the molecule is C[C@@H]1CN(C(c2ccc(C(=O)N3CCC(C(=O)O)CC3)cc2)c2cccc(O)c2)[C@@H](C)CN1Cc1cccc(F)c1. The number of likely N-dealkylation sites (tertiary alicyclic amines) is 1. The van der Waals surface area contributed by atoms with Crippen molar-refractivity contribution in [1.29, 1.82) is 0 Å². The number of rotatable bonds is 7. The van der Waals surface area contributed by atoms with E-state index in [-0.39, 0.29) is 41.5 Å². The molecule has 216 valence electrons. The number of hydrogen-bond acceptors (Lipinski definition) is 5. The fraction of sp³-hybridized carbons (Fsp3) is 0.394. The lowest BCUT2D eigenvalue weighted by Gasteiger charge is -2.47. The molecule has 3 aromatic carbocycles. The van der Waals surface area contributed by atoms with Crippen LogP contribution >= 0.6 is 0 Å². The first-order valence-corrected chi connectivity index (χ1v) is 14.3. The molecule has 0 saturated carbocycles. The highest BCUT2D eigenvalue weighted by molar-refractivity contribution is 5.94. The van der Waals surface area contributed by atoms with E-state index in [9.17, 15) is 24.2 Å². The standard InChI is InChI=1S/C33H38FN3O4/c1-22-20-37(23(2)19-36(22)21-24-5-3-7-29(34)17-24)31(28-6-4-8-30(38)18-28)25-9-11-26(12-10-25)32(39)35-15-13-27(14-16-35)33(40)41/h3-12,17-18,22-23,27,31,38H,13-16,19-21H2,1-2H3,(H,40,41)/t22-,23+,31?/m1/s1. The Morgan fingerprint density at radius 3 is 2.27 bits per heavy atom. The first kappa shape index (κ1) is 28.8. The number of phenolic OH excluding ortho intramolecular Hbond substituents is 1.